The molecule has 0 aromatic heterocycles. The van der Waals surface area contributed by atoms with E-state index in [1.165, 1.54) is 0 Å². The topological polar surface area (TPSA) is 108 Å². The fraction of sp³-hybridized carbons (Fsp3) is 0.167. The SMILES string of the molecule is O=C1NC(=O)C2=C1C=CC1=NCCN(c3cccc4c3C(=O)NC4=O)C12. The molecule has 8 heteroatoms. The van der Waals surface area contributed by atoms with Crippen LogP contribution in [-0.2, 0) is 9.59 Å². The number of nitrogens with zero attached hydrogens (tertiary/aromatic N) is 2. The van der Waals surface area contributed by atoms with Crippen molar-refractivity contribution in [3.8, 4) is 0 Å². The molecule has 4 amide bonds. The second-order valence-corrected chi connectivity index (χ2v) is 6.33. The Morgan fingerprint density at radius 3 is 2.62 bits per heavy atom. The summed E-state index contributed by atoms with van der Waals surface area (Å²) in [6, 6.07) is 4.47. The Balaban J connectivity index is 1.70. The molecule has 0 bridgehead atoms. The molecule has 1 atom stereocenters. The quantitative estimate of drug-likeness (QED) is 0.679. The molecule has 3 aliphatic heterocycles. The summed E-state index contributed by atoms with van der Waals surface area (Å²) < 4.78 is 0. The molecule has 0 radical (unpaired) electrons. The normalized spacial score (nSPS) is 23.5. The van der Waals surface area contributed by atoms with Crippen LogP contribution in [0, 0.1) is 0 Å². The molecule has 5 rings (SSSR count). The van der Waals surface area contributed by atoms with E-state index in [4.69, 9.17) is 0 Å². The number of anilines is 1. The minimum atomic E-state index is -0.565. The maximum Gasteiger partial charge on any atom is 0.261 e. The largest absolute Gasteiger partial charge is 0.356 e. The predicted octanol–water partition coefficient (Wildman–Crippen LogP) is -0.277. The third-order valence-electron chi connectivity index (χ3n) is 4.98. The van der Waals surface area contributed by atoms with E-state index < -0.39 is 29.7 Å². The lowest BCUT2D eigenvalue weighted by Crippen LogP contribution is -2.50. The van der Waals surface area contributed by atoms with Crippen LogP contribution in [0.25, 0.3) is 0 Å². The average molecular weight is 348 g/mol. The lowest BCUT2D eigenvalue weighted by atomic mass is 9.89. The van der Waals surface area contributed by atoms with Gasteiger partial charge in [0.2, 0.25) is 0 Å². The van der Waals surface area contributed by atoms with Gasteiger partial charge in [0.25, 0.3) is 23.6 Å². The zero-order valence-corrected chi connectivity index (χ0v) is 13.4. The van der Waals surface area contributed by atoms with Crippen molar-refractivity contribution in [2.24, 2.45) is 4.99 Å². The maximum absolute atomic E-state index is 12.4. The summed E-state index contributed by atoms with van der Waals surface area (Å²) in [7, 11) is 0. The van der Waals surface area contributed by atoms with E-state index in [0.717, 1.165) is 0 Å². The number of carbonyl (C=O) groups excluding carboxylic acids is 4. The summed E-state index contributed by atoms with van der Waals surface area (Å²) in [6.45, 7) is 0.936. The molecule has 1 aromatic rings. The van der Waals surface area contributed by atoms with Gasteiger partial charge in [0.1, 0.15) is 6.04 Å². The Kier molecular flexibility index (Phi) is 2.83. The minimum Gasteiger partial charge on any atom is -0.356 e. The van der Waals surface area contributed by atoms with Gasteiger partial charge in [-0.1, -0.05) is 6.07 Å². The second kappa shape index (κ2) is 4.98. The first kappa shape index (κ1) is 14.8. The molecule has 3 heterocycles. The summed E-state index contributed by atoms with van der Waals surface area (Å²) in [5.41, 5.74) is 2.46. The molecule has 2 N–H and O–H groups in total. The molecule has 8 nitrogen and oxygen atoms in total. The molecule has 0 saturated heterocycles. The molecule has 0 saturated carbocycles. The van der Waals surface area contributed by atoms with Gasteiger partial charge in [-0.25, -0.2) is 0 Å². The van der Waals surface area contributed by atoms with Crippen LogP contribution in [0.4, 0.5) is 5.69 Å². The third kappa shape index (κ3) is 1.81. The van der Waals surface area contributed by atoms with Crippen LogP contribution >= 0.6 is 0 Å². The fourth-order valence-electron chi connectivity index (χ4n) is 3.90. The Morgan fingerprint density at radius 2 is 1.77 bits per heavy atom. The van der Waals surface area contributed by atoms with Gasteiger partial charge in [0.05, 0.1) is 40.2 Å². The fourth-order valence-corrected chi connectivity index (χ4v) is 3.90. The number of imide groups is 2. The minimum absolute atomic E-state index is 0.292. The lowest BCUT2D eigenvalue weighted by molar-refractivity contribution is -0.124. The van der Waals surface area contributed by atoms with Gasteiger partial charge in [-0.15, -0.1) is 0 Å². The standard InChI is InChI=1S/C18H12N4O4/c23-15-8-2-1-3-11(12(8)17(25)20-15)22-7-6-19-10-5-4-9-13(14(10)22)18(26)21-16(9)24/h1-5,14H,6-7H2,(H,20,23,25)(H,21,24,26). The Morgan fingerprint density at radius 1 is 0.962 bits per heavy atom. The number of rotatable bonds is 1. The van der Waals surface area contributed by atoms with Crippen molar-refractivity contribution in [1.29, 1.82) is 0 Å². The Labute approximate surface area is 147 Å². The molecule has 1 aromatic carbocycles. The third-order valence-corrected chi connectivity index (χ3v) is 4.98. The Bertz CT molecular complexity index is 1030. The molecule has 26 heavy (non-hydrogen) atoms. The number of benzene rings is 1. The second-order valence-electron chi connectivity index (χ2n) is 6.33. The van der Waals surface area contributed by atoms with Crippen molar-refractivity contribution in [1.82, 2.24) is 10.6 Å². The first-order valence-electron chi connectivity index (χ1n) is 8.14. The van der Waals surface area contributed by atoms with Crippen LogP contribution in [-0.4, -0.2) is 48.5 Å². The highest BCUT2D eigenvalue weighted by Gasteiger charge is 2.43. The summed E-state index contributed by atoms with van der Waals surface area (Å²) in [4.78, 5) is 55.0. The van der Waals surface area contributed by atoms with E-state index in [9.17, 15) is 19.2 Å². The number of nitrogens with one attached hydrogen (secondary N) is 2. The van der Waals surface area contributed by atoms with Crippen molar-refractivity contribution in [2.75, 3.05) is 18.0 Å². The number of fused-ring (bicyclic) bond motifs is 3. The zero-order valence-electron chi connectivity index (χ0n) is 13.4. The average Bonchev–Trinajstić information content (AvgIpc) is 3.10. The van der Waals surface area contributed by atoms with Crippen LogP contribution < -0.4 is 15.5 Å². The number of aliphatic imine (C=N–C) groups is 1. The van der Waals surface area contributed by atoms with Crippen molar-refractivity contribution in [2.45, 2.75) is 6.04 Å². The van der Waals surface area contributed by atoms with Gasteiger partial charge >= 0.3 is 0 Å². The highest BCUT2D eigenvalue weighted by Crippen LogP contribution is 2.35. The molecule has 0 spiro atoms. The number of hydrogen-bond donors (Lipinski definition) is 2. The van der Waals surface area contributed by atoms with E-state index >= 15 is 0 Å². The number of carbonyl (C=O) groups is 4. The molecular formula is C18H12N4O4. The molecule has 1 aliphatic carbocycles. The smallest absolute Gasteiger partial charge is 0.261 e. The van der Waals surface area contributed by atoms with Gasteiger partial charge in [0, 0.05) is 6.54 Å². The van der Waals surface area contributed by atoms with E-state index in [1.807, 2.05) is 4.90 Å². The zero-order chi connectivity index (χ0) is 18.0. The lowest BCUT2D eigenvalue weighted by Gasteiger charge is -2.38. The molecule has 4 aliphatic rings. The summed E-state index contributed by atoms with van der Waals surface area (Å²) in [6.07, 6.45) is 3.32. The predicted molar refractivity (Wildman–Crippen MR) is 91.0 cm³/mol. The maximum atomic E-state index is 12.4. The van der Waals surface area contributed by atoms with Crippen molar-refractivity contribution in [3.63, 3.8) is 0 Å². The van der Waals surface area contributed by atoms with Crippen molar-refractivity contribution < 1.29 is 19.2 Å². The first-order valence-corrected chi connectivity index (χ1v) is 8.14. The van der Waals surface area contributed by atoms with Crippen molar-refractivity contribution in [3.05, 3.63) is 52.6 Å². The van der Waals surface area contributed by atoms with Crippen LogP contribution in [0.15, 0.2) is 46.5 Å². The van der Waals surface area contributed by atoms with Gasteiger partial charge < -0.3 is 4.90 Å². The Hall–Kier alpha value is -3.55. The molecule has 1 unspecified atom stereocenters. The summed E-state index contributed by atoms with van der Waals surface area (Å²) in [5.74, 6) is -1.78. The van der Waals surface area contributed by atoms with Crippen LogP contribution in [0.5, 0.6) is 0 Å². The van der Waals surface area contributed by atoms with Crippen LogP contribution in [0.1, 0.15) is 20.7 Å². The van der Waals surface area contributed by atoms with E-state index in [2.05, 4.69) is 15.6 Å². The molecule has 0 fully saturated rings. The van der Waals surface area contributed by atoms with E-state index in [-0.39, 0.29) is 0 Å². The number of hydrogen-bond acceptors (Lipinski definition) is 6. The summed E-state index contributed by atoms with van der Waals surface area (Å²) in [5, 5.41) is 4.62. The van der Waals surface area contributed by atoms with Gasteiger partial charge in [-0.2, -0.15) is 0 Å². The molecular weight excluding hydrogens is 336 g/mol. The van der Waals surface area contributed by atoms with Gasteiger partial charge in [-0.05, 0) is 24.3 Å². The van der Waals surface area contributed by atoms with E-state index in [1.54, 1.807) is 30.4 Å². The van der Waals surface area contributed by atoms with Gasteiger partial charge in [-0.3, -0.25) is 34.8 Å². The van der Waals surface area contributed by atoms with Gasteiger partial charge in [0.15, 0.2) is 0 Å². The van der Waals surface area contributed by atoms with E-state index in [0.29, 0.717) is 46.8 Å². The van der Waals surface area contributed by atoms with Crippen LogP contribution in [0.2, 0.25) is 0 Å². The van der Waals surface area contributed by atoms with Crippen molar-refractivity contribution >= 4 is 35.0 Å². The van der Waals surface area contributed by atoms with Crippen LogP contribution in [0.3, 0.4) is 0 Å². The number of amides is 4. The molecule has 128 valence electrons. The monoisotopic (exact) mass is 348 g/mol. The highest BCUT2D eigenvalue weighted by atomic mass is 16.2. The first-order chi connectivity index (χ1) is 12.6. The highest BCUT2D eigenvalue weighted by molar-refractivity contribution is 6.28. The summed E-state index contributed by atoms with van der Waals surface area (Å²) >= 11 is 0.